The average molecular weight is 277 g/mol. The Morgan fingerprint density at radius 3 is 2.11 bits per heavy atom. The van der Waals surface area contributed by atoms with Crippen LogP contribution < -0.4 is 0 Å². The van der Waals surface area contributed by atoms with E-state index in [0.29, 0.717) is 0 Å². The normalized spacial score (nSPS) is 13.2. The Morgan fingerprint density at radius 1 is 1.28 bits per heavy atom. The molecule has 0 amide bonds. The Morgan fingerprint density at radius 2 is 1.78 bits per heavy atom. The number of hydrogen-bond donors (Lipinski definition) is 2. The van der Waals surface area contributed by atoms with Gasteiger partial charge >= 0.3 is 13.8 Å². The average Bonchev–Trinajstić information content (AvgIpc) is 2.23. The Bertz CT molecular complexity index is 551. The van der Waals surface area contributed by atoms with Gasteiger partial charge in [0.1, 0.15) is 11.4 Å². The molecule has 0 aliphatic rings. The van der Waals surface area contributed by atoms with E-state index in [9.17, 15) is 17.7 Å². The Balaban J connectivity index is 3.12. The lowest BCUT2D eigenvalue weighted by Gasteiger charge is -2.06. The number of halogens is 3. The molecule has 1 aromatic rings. The zero-order valence-corrected chi connectivity index (χ0v) is 9.61. The molecule has 0 aliphatic heterocycles. The van der Waals surface area contributed by atoms with Gasteiger partial charge in [-0.25, -0.2) is 0 Å². The van der Waals surface area contributed by atoms with Gasteiger partial charge in [0.15, 0.2) is 0 Å². The molecule has 0 saturated heterocycles. The highest BCUT2D eigenvalue weighted by molar-refractivity contribution is 7.57. The maximum atomic E-state index is 12.2. The molecule has 0 atom stereocenters. The molecule has 1 rings (SSSR count). The third-order valence-corrected chi connectivity index (χ3v) is 2.83. The largest absolute Gasteiger partial charge is 0.416 e. The first-order chi connectivity index (χ1) is 8.14. The number of nitrogens with zero attached hydrogens (tertiary/aromatic N) is 1. The Hall–Kier alpha value is -1.61. The number of allylic oxidation sites excluding steroid dienone is 1. The lowest BCUT2D eigenvalue weighted by Crippen LogP contribution is -2.04. The predicted octanol–water partition coefficient (Wildman–Crippen LogP) is 2.75. The minimum absolute atomic E-state index is 0.0999. The van der Waals surface area contributed by atoms with Crippen molar-refractivity contribution in [3.63, 3.8) is 0 Å². The van der Waals surface area contributed by atoms with Crippen LogP contribution in [0, 0.1) is 11.3 Å². The molecule has 0 heterocycles. The van der Waals surface area contributed by atoms with Crippen molar-refractivity contribution in [2.75, 3.05) is 0 Å². The van der Waals surface area contributed by atoms with Crippen LogP contribution in [-0.4, -0.2) is 9.79 Å². The van der Waals surface area contributed by atoms with Gasteiger partial charge in [0.25, 0.3) is 0 Å². The number of alkyl halides is 3. The van der Waals surface area contributed by atoms with Gasteiger partial charge in [0, 0.05) is 0 Å². The molecule has 96 valence electrons. The highest BCUT2D eigenvalue weighted by Gasteiger charge is 2.30. The van der Waals surface area contributed by atoms with Gasteiger partial charge in [-0.1, -0.05) is 12.1 Å². The van der Waals surface area contributed by atoms with Crippen LogP contribution in [-0.2, 0) is 10.7 Å². The summed E-state index contributed by atoms with van der Waals surface area (Å²) >= 11 is 0. The van der Waals surface area contributed by atoms with Crippen molar-refractivity contribution in [2.24, 2.45) is 0 Å². The first-order valence-corrected chi connectivity index (χ1v) is 6.11. The Labute approximate surface area is 100 Å². The molecular weight excluding hydrogens is 270 g/mol. The van der Waals surface area contributed by atoms with Crippen LogP contribution in [0.2, 0.25) is 0 Å². The molecule has 0 fully saturated rings. The van der Waals surface area contributed by atoms with E-state index in [2.05, 4.69) is 0 Å². The van der Waals surface area contributed by atoms with Crippen LogP contribution >= 0.6 is 7.60 Å². The fraction of sp³-hybridized carbons (Fsp3) is 0.100. The first-order valence-electron chi connectivity index (χ1n) is 4.50. The Kier molecular flexibility index (Phi) is 3.97. The molecule has 0 unspecified atom stereocenters. The molecule has 0 aliphatic carbocycles. The molecule has 2 N–H and O–H groups in total. The van der Waals surface area contributed by atoms with E-state index >= 15 is 0 Å². The SMILES string of the molecule is N#C/C(=C/c1ccc(C(F)(F)F)cc1)P(=O)(O)O. The van der Waals surface area contributed by atoms with Crippen molar-refractivity contribution >= 4 is 13.7 Å². The van der Waals surface area contributed by atoms with Gasteiger partial charge in [-0.05, 0) is 23.8 Å². The van der Waals surface area contributed by atoms with E-state index in [1.54, 1.807) is 0 Å². The summed E-state index contributed by atoms with van der Waals surface area (Å²) in [6.45, 7) is 0. The zero-order valence-electron chi connectivity index (χ0n) is 8.72. The molecule has 0 saturated carbocycles. The molecule has 0 spiro atoms. The van der Waals surface area contributed by atoms with Crippen molar-refractivity contribution in [3.8, 4) is 6.07 Å². The maximum absolute atomic E-state index is 12.2. The number of hydrogen-bond acceptors (Lipinski definition) is 2. The highest BCUT2D eigenvalue weighted by atomic mass is 31.2. The van der Waals surface area contributed by atoms with E-state index in [-0.39, 0.29) is 5.56 Å². The third kappa shape index (κ3) is 3.70. The molecule has 0 radical (unpaired) electrons. The molecule has 18 heavy (non-hydrogen) atoms. The second-order valence-electron chi connectivity index (χ2n) is 3.31. The standard InChI is InChI=1S/C10H7F3NO3P/c11-10(12,13)8-3-1-7(2-4-8)5-9(6-14)18(15,16)17/h1-5H,(H2,15,16,17)/b9-5-. The monoisotopic (exact) mass is 277 g/mol. The number of rotatable bonds is 2. The van der Waals surface area contributed by atoms with Gasteiger partial charge in [0.05, 0.1) is 5.56 Å². The summed E-state index contributed by atoms with van der Waals surface area (Å²) in [6.07, 6.45) is -3.63. The van der Waals surface area contributed by atoms with E-state index < -0.39 is 24.6 Å². The molecule has 1 aromatic carbocycles. The molecular formula is C10H7F3NO3P. The van der Waals surface area contributed by atoms with Crippen molar-refractivity contribution in [2.45, 2.75) is 6.18 Å². The zero-order chi connectivity index (χ0) is 14.0. The fourth-order valence-electron chi connectivity index (χ4n) is 1.11. The first kappa shape index (κ1) is 14.5. The van der Waals surface area contributed by atoms with Crippen molar-refractivity contribution in [1.29, 1.82) is 5.26 Å². The van der Waals surface area contributed by atoms with Crippen LogP contribution in [0.1, 0.15) is 11.1 Å². The smallest absolute Gasteiger partial charge is 0.321 e. The summed E-state index contributed by atoms with van der Waals surface area (Å²) in [5.41, 5.74) is -0.780. The van der Waals surface area contributed by atoms with Crippen molar-refractivity contribution in [1.82, 2.24) is 0 Å². The van der Waals surface area contributed by atoms with Crippen LogP contribution in [0.25, 0.3) is 6.08 Å². The summed E-state index contributed by atoms with van der Waals surface area (Å²) in [6, 6.07) is 4.89. The quantitative estimate of drug-likeness (QED) is 0.643. The van der Waals surface area contributed by atoms with Crippen LogP contribution in [0.5, 0.6) is 0 Å². The molecule has 0 bridgehead atoms. The summed E-state index contributed by atoms with van der Waals surface area (Å²) in [5, 5.41) is 7.71. The molecule has 0 aromatic heterocycles. The van der Waals surface area contributed by atoms with Gasteiger partial charge in [-0.2, -0.15) is 18.4 Å². The maximum Gasteiger partial charge on any atom is 0.416 e. The van der Waals surface area contributed by atoms with Crippen LogP contribution in [0.3, 0.4) is 0 Å². The molecule has 4 nitrogen and oxygen atoms in total. The summed E-state index contributed by atoms with van der Waals surface area (Å²) in [5.74, 6) is 0. The van der Waals surface area contributed by atoms with Crippen LogP contribution in [0.15, 0.2) is 29.6 Å². The lowest BCUT2D eigenvalue weighted by molar-refractivity contribution is -0.137. The van der Waals surface area contributed by atoms with Crippen LogP contribution in [0.4, 0.5) is 13.2 Å². The highest BCUT2D eigenvalue weighted by Crippen LogP contribution is 2.45. The van der Waals surface area contributed by atoms with Gasteiger partial charge in [-0.3, -0.25) is 4.57 Å². The number of benzene rings is 1. The lowest BCUT2D eigenvalue weighted by atomic mass is 10.1. The second kappa shape index (κ2) is 4.94. The summed E-state index contributed by atoms with van der Waals surface area (Å²) in [7, 11) is -4.71. The topological polar surface area (TPSA) is 81.3 Å². The van der Waals surface area contributed by atoms with Crippen molar-refractivity contribution < 1.29 is 27.5 Å². The minimum atomic E-state index is -4.71. The van der Waals surface area contributed by atoms with Crippen molar-refractivity contribution in [3.05, 3.63) is 40.7 Å². The summed E-state index contributed by atoms with van der Waals surface area (Å²) < 4.78 is 47.6. The van der Waals surface area contributed by atoms with Gasteiger partial charge < -0.3 is 9.79 Å². The van der Waals surface area contributed by atoms with E-state index in [1.165, 1.54) is 6.07 Å². The van der Waals surface area contributed by atoms with E-state index in [1.807, 2.05) is 0 Å². The van der Waals surface area contributed by atoms with E-state index in [4.69, 9.17) is 15.0 Å². The number of nitriles is 1. The fourth-order valence-corrected chi connectivity index (χ4v) is 1.56. The van der Waals surface area contributed by atoms with Gasteiger partial charge in [0.2, 0.25) is 0 Å². The summed E-state index contributed by atoms with van der Waals surface area (Å²) in [4.78, 5) is 17.5. The minimum Gasteiger partial charge on any atom is -0.321 e. The second-order valence-corrected chi connectivity index (χ2v) is 4.88. The van der Waals surface area contributed by atoms with Gasteiger partial charge in [-0.15, -0.1) is 0 Å². The van der Waals surface area contributed by atoms with E-state index in [0.717, 1.165) is 30.3 Å². The predicted molar refractivity (Wildman–Crippen MR) is 57.1 cm³/mol. The third-order valence-electron chi connectivity index (χ3n) is 1.97. The molecule has 8 heteroatoms.